The van der Waals surface area contributed by atoms with E-state index in [2.05, 4.69) is 338 Å². The van der Waals surface area contributed by atoms with E-state index in [1.807, 2.05) is 7.05 Å². The molecule has 5 nitrogen and oxygen atoms in total. The molecule has 6 unspecified atom stereocenters. The number of benzene rings is 5. The lowest BCUT2D eigenvalue weighted by Crippen LogP contribution is -2.34. The summed E-state index contributed by atoms with van der Waals surface area (Å²) in [5, 5.41) is 0. The topological polar surface area (TPSA) is 19.4 Å². The van der Waals surface area contributed by atoms with Crippen molar-refractivity contribution in [3.8, 4) is 56.3 Å². The predicted molar refractivity (Wildman–Crippen MR) is 417 cm³/mol. The van der Waals surface area contributed by atoms with Crippen LogP contribution >= 0.6 is 0 Å². The molecule has 5 aromatic heterocycles. The van der Waals surface area contributed by atoms with Gasteiger partial charge in [0.2, 0.25) is 28.5 Å². The maximum atomic E-state index is 9.30. The first-order chi connectivity index (χ1) is 49.4. The van der Waals surface area contributed by atoms with Crippen molar-refractivity contribution in [1.29, 1.82) is 0 Å². The molecule has 0 aliphatic heterocycles. The van der Waals surface area contributed by atoms with E-state index in [0.717, 1.165) is 71.2 Å². The van der Waals surface area contributed by atoms with Crippen molar-refractivity contribution >= 4 is 0 Å². The summed E-state index contributed by atoms with van der Waals surface area (Å²) >= 11 is 0. The van der Waals surface area contributed by atoms with E-state index in [1.54, 1.807) is 11.1 Å². The van der Waals surface area contributed by atoms with Gasteiger partial charge in [0.15, 0.2) is 31.0 Å². The molecule has 6 bridgehead atoms. The Kier molecular flexibility index (Phi) is 16.9. The second kappa shape index (κ2) is 26.3. The highest BCUT2D eigenvalue weighted by atomic mass is 15.0. The van der Waals surface area contributed by atoms with E-state index in [9.17, 15) is 1.37 Å². The number of hydrogen-bond acceptors (Lipinski definition) is 0. The van der Waals surface area contributed by atoms with E-state index in [-0.39, 0.29) is 27.1 Å². The minimum absolute atomic E-state index is 0.218. The van der Waals surface area contributed by atoms with E-state index < -0.39 is 23.6 Å². The molecule has 8 aliphatic rings. The molecule has 10 aromatic rings. The molecule has 0 spiro atoms. The molecular weight excluding hydrogens is 1220 g/mol. The minimum Gasteiger partial charge on any atom is -0.201 e. The van der Waals surface area contributed by atoms with Crippen LogP contribution in [0.3, 0.4) is 0 Å². The number of nitrogens with zero attached hydrogens (tertiary/aromatic N) is 5. The maximum absolute atomic E-state index is 9.30. The molecule has 101 heavy (non-hydrogen) atoms. The summed E-state index contributed by atoms with van der Waals surface area (Å²) < 4.78 is 47.2. The van der Waals surface area contributed by atoms with Gasteiger partial charge >= 0.3 is 0 Å². The standard InChI is InChI=1S/C20H24N.2C20H26N.2C18H20N/c1-13-7-5-6-8-14(13)19-18-15(11-12-21(19)4)16-9-10-17(18)20(16,2)3;1-14-9-7-8-10-15(14)18-11-16-17(12-21(18)6)20(4,5)13-19(16,2)3;1-14-9-7-8-10-15(14)18-17-16(11-12-21(18)6)19(2,3)13-20(17,4)5;2*1-12-5-3-4-6-15(12)18-17-14-8-7-13(11-14)16(17)9-10-19(18)2/h5-8,11-12,16-17H,9-10H2,1-4H3;2*7-12H,13H2,1-6H3;2*3-6,9-10,13-14H,7-8,11H2,1-2H3/q5*+1/i16D,17D;;;13D,14D;. The predicted octanol–water partition coefficient (Wildman–Crippen LogP) is 21.1. The van der Waals surface area contributed by atoms with Crippen LogP contribution in [0, 0.1) is 40.0 Å². The van der Waals surface area contributed by atoms with Gasteiger partial charge in [0, 0.05) is 91.4 Å². The van der Waals surface area contributed by atoms with Crippen LogP contribution < -0.4 is 22.8 Å². The number of rotatable bonds is 5. The fraction of sp³-hybridized carbons (Fsp3) is 0.427. The number of aryl methyl sites for hydroxylation is 10. The second-order valence-electron chi connectivity index (χ2n) is 34.6. The number of hydrogen-bond donors (Lipinski definition) is 0. The lowest BCUT2D eigenvalue weighted by atomic mass is 9.79. The summed E-state index contributed by atoms with van der Waals surface area (Å²) in [6.45, 7) is 34.1. The summed E-state index contributed by atoms with van der Waals surface area (Å²) in [5.41, 5.74) is 33.8. The molecule has 6 atom stereocenters. The first-order valence-corrected chi connectivity index (χ1v) is 37.9. The van der Waals surface area contributed by atoms with E-state index >= 15 is 0 Å². The zero-order chi connectivity index (χ0) is 75.3. The van der Waals surface area contributed by atoms with Crippen molar-refractivity contribution in [3.63, 3.8) is 0 Å². The Morgan fingerprint density at radius 1 is 0.337 bits per heavy atom. The first-order valence-electron chi connectivity index (χ1n) is 39.9. The molecule has 0 amide bonds. The molecule has 3 saturated carbocycles. The van der Waals surface area contributed by atoms with Gasteiger partial charge in [-0.2, -0.15) is 0 Å². The Balaban J connectivity index is 0.000000111. The molecular formula is C96H116N5+5. The zero-order valence-corrected chi connectivity index (χ0v) is 64.8. The molecule has 0 radical (unpaired) electrons. The van der Waals surface area contributed by atoms with Crippen LogP contribution in [-0.2, 0) is 56.9 Å². The summed E-state index contributed by atoms with van der Waals surface area (Å²) in [5.74, 6) is -0.793. The van der Waals surface area contributed by atoms with Crippen molar-refractivity contribution in [1.82, 2.24) is 0 Å². The average Bonchev–Trinajstić information content (AvgIpc) is 1.50. The van der Waals surface area contributed by atoms with Gasteiger partial charge in [0.05, 0.1) is 0 Å². The van der Waals surface area contributed by atoms with Crippen LogP contribution in [0.4, 0.5) is 0 Å². The van der Waals surface area contributed by atoms with Crippen LogP contribution in [-0.4, -0.2) is 0 Å². The number of fused-ring (bicyclic) bond motifs is 17. The van der Waals surface area contributed by atoms with Crippen molar-refractivity contribution in [3.05, 3.63) is 266 Å². The van der Waals surface area contributed by atoms with E-state index in [4.69, 9.17) is 4.11 Å². The quantitative estimate of drug-likeness (QED) is 0.153. The lowest BCUT2D eigenvalue weighted by molar-refractivity contribution is -0.661. The monoisotopic (exact) mass is 1340 g/mol. The molecule has 8 aliphatic carbocycles. The molecule has 3 fully saturated rings. The van der Waals surface area contributed by atoms with E-state index in [1.165, 1.54) is 127 Å². The van der Waals surface area contributed by atoms with Gasteiger partial charge in [-0.25, -0.2) is 22.8 Å². The normalized spacial score (nSPS) is 25.3. The zero-order valence-electron chi connectivity index (χ0n) is 68.8. The Labute approximate surface area is 613 Å². The van der Waals surface area contributed by atoms with Gasteiger partial charge in [0.25, 0.3) is 0 Å². The average molecular weight is 1340 g/mol. The minimum atomic E-state index is -0.680. The van der Waals surface area contributed by atoms with Gasteiger partial charge in [-0.3, -0.25) is 0 Å². The summed E-state index contributed by atoms with van der Waals surface area (Å²) in [6.07, 6.45) is 21.4. The summed E-state index contributed by atoms with van der Waals surface area (Å²) in [6, 6.07) is 54.2. The fourth-order valence-electron chi connectivity index (χ4n) is 20.7. The Morgan fingerprint density at radius 2 is 0.743 bits per heavy atom. The van der Waals surface area contributed by atoms with Gasteiger partial charge in [-0.1, -0.05) is 160 Å². The van der Waals surface area contributed by atoms with Crippen LogP contribution in [0.1, 0.15) is 258 Å². The third-order valence-electron chi connectivity index (χ3n) is 25.2. The molecule has 18 rings (SSSR count). The van der Waals surface area contributed by atoms with Crippen LogP contribution in [0.15, 0.2) is 183 Å². The number of pyridine rings is 5. The van der Waals surface area contributed by atoms with Gasteiger partial charge < -0.3 is 0 Å². The fourth-order valence-corrected chi connectivity index (χ4v) is 20.7. The largest absolute Gasteiger partial charge is 0.216 e. The van der Waals surface area contributed by atoms with Gasteiger partial charge in [-0.05, 0) is 247 Å². The van der Waals surface area contributed by atoms with Crippen LogP contribution in [0.5, 0.6) is 0 Å². The van der Waals surface area contributed by atoms with Crippen molar-refractivity contribution in [2.45, 2.75) is 225 Å². The third-order valence-corrected chi connectivity index (χ3v) is 25.2. The molecule has 0 N–H and O–H groups in total. The Hall–Kier alpha value is -8.15. The van der Waals surface area contributed by atoms with Crippen LogP contribution in [0.2, 0.25) is 0 Å². The van der Waals surface area contributed by atoms with Crippen molar-refractivity contribution < 1.29 is 28.3 Å². The highest BCUT2D eigenvalue weighted by Crippen LogP contribution is 2.66. The smallest absolute Gasteiger partial charge is 0.201 e. The molecule has 5 heterocycles. The third kappa shape index (κ3) is 12.3. The lowest BCUT2D eigenvalue weighted by Gasteiger charge is -2.24. The van der Waals surface area contributed by atoms with Gasteiger partial charge in [0.1, 0.15) is 35.2 Å². The first kappa shape index (κ1) is 64.9. The van der Waals surface area contributed by atoms with E-state index in [0.29, 0.717) is 6.42 Å². The second-order valence-corrected chi connectivity index (χ2v) is 34.6. The van der Waals surface area contributed by atoms with Crippen LogP contribution in [0.25, 0.3) is 56.3 Å². The molecule has 520 valence electrons. The number of aromatic nitrogens is 5. The Bertz CT molecular complexity index is 5040. The SMILES string of the molecule is Cc1ccccc1-c1c2c(cc[n+]1C)C(C)(C)CC2(C)C.Cc1ccccc1-c1c2c(cc[n+]1C)C1CCC2C1.Cc1ccccc1-c1cc2c(c[n+]1C)C(C)(C)CC2(C)C.[2H]C12CCC([2H])(C1)c1c2cc[n+](C)c1-c1ccccc1C.[2H]C12CCC([2H])(c3c1cc[n+](C)c3-c1ccccc1C)C2(C)C. The Morgan fingerprint density at radius 3 is 1.29 bits per heavy atom. The highest BCUT2D eigenvalue weighted by Gasteiger charge is 2.55. The van der Waals surface area contributed by atoms with Crippen molar-refractivity contribution in [2.75, 3.05) is 0 Å². The summed E-state index contributed by atoms with van der Waals surface area (Å²) in [7, 11) is 10.6. The van der Waals surface area contributed by atoms with Crippen molar-refractivity contribution in [2.24, 2.45) is 40.7 Å². The molecule has 0 saturated heterocycles. The maximum Gasteiger partial charge on any atom is 0.216 e. The summed E-state index contributed by atoms with van der Waals surface area (Å²) in [4.78, 5) is 0. The van der Waals surface area contributed by atoms with Gasteiger partial charge in [-0.15, -0.1) is 0 Å². The molecule has 5 aromatic carbocycles. The highest BCUT2D eigenvalue weighted by molar-refractivity contribution is 5.72. The molecule has 5 heteroatoms.